The van der Waals surface area contributed by atoms with Gasteiger partial charge in [0.1, 0.15) is 11.3 Å². The van der Waals surface area contributed by atoms with Crippen molar-refractivity contribution in [3.05, 3.63) is 46.7 Å². The lowest BCUT2D eigenvalue weighted by atomic mass is 9.87. The van der Waals surface area contributed by atoms with E-state index in [0.29, 0.717) is 37.3 Å². The van der Waals surface area contributed by atoms with E-state index in [4.69, 9.17) is 0 Å². The minimum absolute atomic E-state index is 0.0608. The Balaban J connectivity index is 1.69. The molecule has 3 heterocycles. The molecule has 2 aromatic rings. The third kappa shape index (κ3) is 2.44. The van der Waals surface area contributed by atoms with Gasteiger partial charge in [-0.05, 0) is 25.0 Å². The maximum atomic E-state index is 12.2. The second-order valence-corrected chi connectivity index (χ2v) is 5.63. The van der Waals surface area contributed by atoms with E-state index in [9.17, 15) is 9.90 Å². The molecular weight excluding hydrogens is 274 g/mol. The van der Waals surface area contributed by atoms with Crippen molar-refractivity contribution < 1.29 is 9.90 Å². The number of rotatable bonds is 2. The van der Waals surface area contributed by atoms with Crippen LogP contribution < -0.4 is 0 Å². The highest BCUT2D eigenvalue weighted by Crippen LogP contribution is 2.31. The molecule has 1 fully saturated rings. The smallest absolute Gasteiger partial charge is 0.273 e. The van der Waals surface area contributed by atoms with Gasteiger partial charge in [0.2, 0.25) is 0 Å². The summed E-state index contributed by atoms with van der Waals surface area (Å²) < 4.78 is 0. The van der Waals surface area contributed by atoms with Crippen molar-refractivity contribution in [2.45, 2.75) is 18.4 Å². The molecule has 0 unspecified atom stereocenters. The Kier molecular flexibility index (Phi) is 3.50. The molecule has 2 aromatic heterocycles. The molecule has 1 saturated heterocycles. The highest BCUT2D eigenvalue weighted by molar-refractivity contribution is 7.07. The highest BCUT2D eigenvalue weighted by atomic mass is 32.1. The number of aliphatic hydroxyl groups is 1. The van der Waals surface area contributed by atoms with E-state index in [-0.39, 0.29) is 5.91 Å². The standard InChI is InChI=1S/C14H15N3O2S/c18-13(11-9-20-10-16-11)17-7-4-14(19,5-8-17)12-3-1-2-6-15-12/h1-3,6,9-10,19H,4-5,7-8H2. The molecule has 1 aliphatic heterocycles. The number of carbonyl (C=O) groups is 1. The van der Waals surface area contributed by atoms with Crippen molar-refractivity contribution in [1.82, 2.24) is 14.9 Å². The van der Waals surface area contributed by atoms with E-state index in [1.54, 1.807) is 22.0 Å². The summed E-state index contributed by atoms with van der Waals surface area (Å²) >= 11 is 1.41. The van der Waals surface area contributed by atoms with Crippen LogP contribution in [0.4, 0.5) is 0 Å². The fraction of sp³-hybridized carbons (Fsp3) is 0.357. The van der Waals surface area contributed by atoms with Crippen LogP contribution in [0.25, 0.3) is 0 Å². The Bertz CT molecular complexity index is 578. The van der Waals surface area contributed by atoms with Gasteiger partial charge in [-0.2, -0.15) is 0 Å². The molecule has 0 atom stereocenters. The molecule has 6 heteroatoms. The molecule has 3 rings (SSSR count). The van der Waals surface area contributed by atoms with Crippen molar-refractivity contribution in [2.24, 2.45) is 0 Å². The highest BCUT2D eigenvalue weighted by Gasteiger charge is 2.36. The fourth-order valence-corrected chi connectivity index (χ4v) is 2.98. The lowest BCUT2D eigenvalue weighted by molar-refractivity contribution is -0.0245. The zero-order valence-electron chi connectivity index (χ0n) is 10.9. The van der Waals surface area contributed by atoms with Crippen LogP contribution in [0.15, 0.2) is 35.3 Å². The van der Waals surface area contributed by atoms with Gasteiger partial charge < -0.3 is 10.0 Å². The van der Waals surface area contributed by atoms with Crippen molar-refractivity contribution >= 4 is 17.2 Å². The molecular formula is C14H15N3O2S. The molecule has 1 amide bonds. The minimum atomic E-state index is -0.930. The lowest BCUT2D eigenvalue weighted by Gasteiger charge is -2.37. The van der Waals surface area contributed by atoms with E-state index in [2.05, 4.69) is 9.97 Å². The van der Waals surface area contributed by atoms with Gasteiger partial charge in [-0.25, -0.2) is 4.98 Å². The number of amides is 1. The summed E-state index contributed by atoms with van der Waals surface area (Å²) in [6.45, 7) is 1.03. The molecule has 1 aliphatic rings. The number of hydrogen-bond acceptors (Lipinski definition) is 5. The van der Waals surface area contributed by atoms with Crippen molar-refractivity contribution in [2.75, 3.05) is 13.1 Å². The second kappa shape index (κ2) is 5.30. The summed E-state index contributed by atoms with van der Waals surface area (Å²) in [5.74, 6) is -0.0608. The van der Waals surface area contributed by atoms with Crippen LogP contribution in [0.2, 0.25) is 0 Å². The Morgan fingerprint density at radius 3 is 2.70 bits per heavy atom. The Morgan fingerprint density at radius 2 is 2.10 bits per heavy atom. The molecule has 0 spiro atoms. The van der Waals surface area contributed by atoms with Crippen molar-refractivity contribution in [3.63, 3.8) is 0 Å². The predicted octanol–water partition coefficient (Wildman–Crippen LogP) is 1.66. The van der Waals surface area contributed by atoms with Crippen LogP contribution in [0, 0.1) is 0 Å². The fourth-order valence-electron chi connectivity index (χ4n) is 2.45. The van der Waals surface area contributed by atoms with Gasteiger partial charge in [-0.1, -0.05) is 6.07 Å². The lowest BCUT2D eigenvalue weighted by Crippen LogP contribution is -2.45. The SMILES string of the molecule is O=C(c1cscn1)N1CCC(O)(c2ccccn2)CC1. The third-order valence-electron chi connectivity index (χ3n) is 3.67. The first-order valence-electron chi connectivity index (χ1n) is 6.50. The van der Waals surface area contributed by atoms with Crippen LogP contribution in [-0.2, 0) is 5.60 Å². The monoisotopic (exact) mass is 289 g/mol. The number of hydrogen-bond donors (Lipinski definition) is 1. The van der Waals surface area contributed by atoms with Gasteiger partial charge in [-0.3, -0.25) is 9.78 Å². The summed E-state index contributed by atoms with van der Waals surface area (Å²) in [5.41, 5.74) is 1.89. The maximum Gasteiger partial charge on any atom is 0.273 e. The predicted molar refractivity (Wildman–Crippen MR) is 75.4 cm³/mol. The second-order valence-electron chi connectivity index (χ2n) is 4.91. The third-order valence-corrected chi connectivity index (χ3v) is 4.26. The Morgan fingerprint density at radius 1 is 1.30 bits per heavy atom. The molecule has 0 saturated carbocycles. The van der Waals surface area contributed by atoms with E-state index < -0.39 is 5.60 Å². The number of aromatic nitrogens is 2. The van der Waals surface area contributed by atoms with Gasteiger partial charge in [-0.15, -0.1) is 11.3 Å². The largest absolute Gasteiger partial charge is 0.383 e. The van der Waals surface area contributed by atoms with E-state index >= 15 is 0 Å². The van der Waals surface area contributed by atoms with E-state index in [0.717, 1.165) is 0 Å². The normalized spacial score (nSPS) is 17.9. The van der Waals surface area contributed by atoms with Crippen molar-refractivity contribution in [1.29, 1.82) is 0 Å². The van der Waals surface area contributed by atoms with Crippen LogP contribution in [-0.4, -0.2) is 39.0 Å². The average molecular weight is 289 g/mol. The molecule has 0 radical (unpaired) electrons. The molecule has 0 bridgehead atoms. The number of piperidine rings is 1. The summed E-state index contributed by atoms with van der Waals surface area (Å²) in [6, 6.07) is 5.53. The maximum absolute atomic E-state index is 12.2. The number of likely N-dealkylation sites (tertiary alicyclic amines) is 1. The zero-order chi connectivity index (χ0) is 14.0. The number of thiazole rings is 1. The van der Waals surface area contributed by atoms with Gasteiger partial charge in [0.15, 0.2) is 0 Å². The first-order chi connectivity index (χ1) is 9.69. The van der Waals surface area contributed by atoms with Crippen molar-refractivity contribution in [3.8, 4) is 0 Å². The molecule has 104 valence electrons. The summed E-state index contributed by atoms with van der Waals surface area (Å²) in [6.07, 6.45) is 2.68. The number of nitrogens with zero attached hydrogens (tertiary/aromatic N) is 3. The summed E-state index contributed by atoms with van der Waals surface area (Å²) in [5, 5.41) is 12.4. The first kappa shape index (κ1) is 13.2. The van der Waals surface area contributed by atoms with E-state index in [1.165, 1.54) is 11.3 Å². The van der Waals surface area contributed by atoms with Gasteiger partial charge in [0, 0.05) is 24.7 Å². The minimum Gasteiger partial charge on any atom is -0.383 e. The topological polar surface area (TPSA) is 66.3 Å². The van der Waals surface area contributed by atoms with Crippen LogP contribution >= 0.6 is 11.3 Å². The van der Waals surface area contributed by atoms with Crippen LogP contribution in [0.5, 0.6) is 0 Å². The molecule has 20 heavy (non-hydrogen) atoms. The Hall–Kier alpha value is -1.79. The van der Waals surface area contributed by atoms with Gasteiger partial charge in [0.25, 0.3) is 5.91 Å². The van der Waals surface area contributed by atoms with Crippen LogP contribution in [0.3, 0.4) is 0 Å². The van der Waals surface area contributed by atoms with Gasteiger partial charge in [0.05, 0.1) is 11.2 Å². The molecule has 0 aromatic carbocycles. The first-order valence-corrected chi connectivity index (χ1v) is 7.45. The molecule has 5 nitrogen and oxygen atoms in total. The molecule has 0 aliphatic carbocycles. The van der Waals surface area contributed by atoms with Gasteiger partial charge >= 0.3 is 0 Å². The van der Waals surface area contributed by atoms with E-state index in [1.807, 2.05) is 18.2 Å². The van der Waals surface area contributed by atoms with Crippen LogP contribution in [0.1, 0.15) is 29.0 Å². The Labute approximate surface area is 120 Å². The molecule has 1 N–H and O–H groups in total. The number of carbonyl (C=O) groups excluding carboxylic acids is 1. The average Bonchev–Trinajstić information content (AvgIpc) is 3.02. The summed E-state index contributed by atoms with van der Waals surface area (Å²) in [7, 11) is 0. The summed E-state index contributed by atoms with van der Waals surface area (Å²) in [4.78, 5) is 22.2. The zero-order valence-corrected chi connectivity index (χ0v) is 11.7. The quantitative estimate of drug-likeness (QED) is 0.913. The number of pyridine rings is 1.